The Hall–Kier alpha value is -0.870. The van der Waals surface area contributed by atoms with Crippen LogP contribution in [-0.2, 0) is 6.54 Å². The fourth-order valence-electron chi connectivity index (χ4n) is 1.28. The molecule has 1 heterocycles. The van der Waals surface area contributed by atoms with Gasteiger partial charge in [-0.25, -0.2) is 4.98 Å². The number of nitrogens with zero attached hydrogens (tertiary/aromatic N) is 1. The average Bonchev–Trinajstić information content (AvgIpc) is 2.53. The predicted molar refractivity (Wildman–Crippen MR) is 58.6 cm³/mol. The highest BCUT2D eigenvalue weighted by Gasteiger charge is 2.05. The lowest BCUT2D eigenvalue weighted by Crippen LogP contribution is -2.19. The van der Waals surface area contributed by atoms with Crippen LogP contribution in [-0.4, -0.2) is 22.7 Å². The highest BCUT2D eigenvalue weighted by Crippen LogP contribution is 2.07. The number of oxazole rings is 1. The first-order valence-corrected chi connectivity index (χ1v) is 5.45. The van der Waals surface area contributed by atoms with Crippen LogP contribution in [0.1, 0.15) is 37.1 Å². The van der Waals surface area contributed by atoms with E-state index in [1.807, 2.05) is 20.8 Å². The van der Waals surface area contributed by atoms with E-state index in [0.717, 1.165) is 36.7 Å². The Labute approximate surface area is 90.7 Å². The molecule has 0 aliphatic carbocycles. The van der Waals surface area contributed by atoms with Gasteiger partial charge in [-0.3, -0.25) is 0 Å². The molecule has 0 saturated carbocycles. The summed E-state index contributed by atoms with van der Waals surface area (Å²) in [5, 5.41) is 12.5. The van der Waals surface area contributed by atoms with Crippen molar-refractivity contribution in [2.24, 2.45) is 0 Å². The largest absolute Gasteiger partial charge is 0.444 e. The summed E-state index contributed by atoms with van der Waals surface area (Å²) in [6.45, 7) is 7.24. The van der Waals surface area contributed by atoms with Crippen LogP contribution in [0.5, 0.6) is 0 Å². The maximum Gasteiger partial charge on any atom is 0.208 e. The molecule has 1 aromatic rings. The summed E-state index contributed by atoms with van der Waals surface area (Å²) in [5.41, 5.74) is 0.945. The number of hydrogen-bond donors (Lipinski definition) is 2. The van der Waals surface area contributed by atoms with Crippen LogP contribution in [0, 0.1) is 13.8 Å². The molecule has 0 spiro atoms. The van der Waals surface area contributed by atoms with Crippen LogP contribution in [0.15, 0.2) is 4.42 Å². The van der Waals surface area contributed by atoms with Crippen molar-refractivity contribution < 1.29 is 9.52 Å². The van der Waals surface area contributed by atoms with Gasteiger partial charge in [0, 0.05) is 0 Å². The lowest BCUT2D eigenvalue weighted by Gasteiger charge is -2.06. The second-order valence-electron chi connectivity index (χ2n) is 3.78. The van der Waals surface area contributed by atoms with Gasteiger partial charge < -0.3 is 14.8 Å². The van der Waals surface area contributed by atoms with Crippen LogP contribution in [0.2, 0.25) is 0 Å². The maximum absolute atomic E-state index is 9.32. The quantitative estimate of drug-likeness (QED) is 0.702. The van der Waals surface area contributed by atoms with E-state index in [1.165, 1.54) is 0 Å². The summed E-state index contributed by atoms with van der Waals surface area (Å²) in [5.74, 6) is 1.59. The number of aliphatic hydroxyl groups excluding tert-OH is 1. The standard InChI is InChI=1S/C11H20N2O2/c1-4-10(14)5-6-12-7-11-13-8(2)9(3)15-11/h10,12,14H,4-7H2,1-3H3. The lowest BCUT2D eigenvalue weighted by molar-refractivity contribution is 0.159. The fourth-order valence-corrected chi connectivity index (χ4v) is 1.28. The zero-order chi connectivity index (χ0) is 11.3. The molecule has 4 heteroatoms. The minimum absolute atomic E-state index is 0.203. The lowest BCUT2D eigenvalue weighted by atomic mass is 10.2. The smallest absolute Gasteiger partial charge is 0.208 e. The van der Waals surface area contributed by atoms with Crippen LogP contribution in [0.4, 0.5) is 0 Å². The third-order valence-electron chi connectivity index (χ3n) is 2.47. The van der Waals surface area contributed by atoms with E-state index in [2.05, 4.69) is 10.3 Å². The normalized spacial score (nSPS) is 13.1. The van der Waals surface area contributed by atoms with Gasteiger partial charge in [-0.15, -0.1) is 0 Å². The molecule has 0 saturated heterocycles. The van der Waals surface area contributed by atoms with E-state index >= 15 is 0 Å². The second-order valence-corrected chi connectivity index (χ2v) is 3.78. The molecule has 1 aromatic heterocycles. The summed E-state index contributed by atoms with van der Waals surface area (Å²) in [6, 6.07) is 0. The number of hydrogen-bond acceptors (Lipinski definition) is 4. The Bertz CT molecular complexity index is 277. The first-order chi connectivity index (χ1) is 7.13. The van der Waals surface area contributed by atoms with E-state index in [4.69, 9.17) is 4.42 Å². The summed E-state index contributed by atoms with van der Waals surface area (Å²) in [4.78, 5) is 4.26. The van der Waals surface area contributed by atoms with Crippen molar-refractivity contribution in [3.8, 4) is 0 Å². The molecule has 0 aliphatic rings. The van der Waals surface area contributed by atoms with Gasteiger partial charge in [0.2, 0.25) is 5.89 Å². The summed E-state index contributed by atoms with van der Waals surface area (Å²) >= 11 is 0. The number of aliphatic hydroxyl groups is 1. The Morgan fingerprint density at radius 2 is 2.20 bits per heavy atom. The van der Waals surface area contributed by atoms with Crippen LogP contribution in [0.25, 0.3) is 0 Å². The molecule has 0 aliphatic heterocycles. The highest BCUT2D eigenvalue weighted by molar-refractivity contribution is 5.04. The number of aryl methyl sites for hydroxylation is 2. The SMILES string of the molecule is CCC(O)CCNCc1nc(C)c(C)o1. The van der Waals surface area contributed by atoms with Crippen molar-refractivity contribution >= 4 is 0 Å². The fraction of sp³-hybridized carbons (Fsp3) is 0.727. The minimum atomic E-state index is -0.203. The first kappa shape index (κ1) is 12.2. The Morgan fingerprint density at radius 3 is 2.73 bits per heavy atom. The van der Waals surface area contributed by atoms with Crippen molar-refractivity contribution in [2.45, 2.75) is 46.3 Å². The number of rotatable bonds is 6. The summed E-state index contributed by atoms with van der Waals surface area (Å²) in [6.07, 6.45) is 1.37. The van der Waals surface area contributed by atoms with Gasteiger partial charge in [0.1, 0.15) is 5.76 Å². The van der Waals surface area contributed by atoms with Crippen molar-refractivity contribution in [1.82, 2.24) is 10.3 Å². The van der Waals surface area contributed by atoms with E-state index in [1.54, 1.807) is 0 Å². The maximum atomic E-state index is 9.32. The third kappa shape index (κ3) is 4.01. The van der Waals surface area contributed by atoms with Crippen molar-refractivity contribution in [3.63, 3.8) is 0 Å². The summed E-state index contributed by atoms with van der Waals surface area (Å²) < 4.78 is 5.41. The van der Waals surface area contributed by atoms with Gasteiger partial charge in [0.05, 0.1) is 18.3 Å². The molecule has 4 nitrogen and oxygen atoms in total. The van der Waals surface area contributed by atoms with Gasteiger partial charge in [0.25, 0.3) is 0 Å². The molecule has 86 valence electrons. The van der Waals surface area contributed by atoms with E-state index in [9.17, 15) is 5.11 Å². The minimum Gasteiger partial charge on any atom is -0.444 e. The molecule has 15 heavy (non-hydrogen) atoms. The zero-order valence-corrected chi connectivity index (χ0v) is 9.71. The van der Waals surface area contributed by atoms with Crippen molar-refractivity contribution in [1.29, 1.82) is 0 Å². The Morgan fingerprint density at radius 1 is 1.47 bits per heavy atom. The van der Waals surface area contributed by atoms with Crippen molar-refractivity contribution in [3.05, 3.63) is 17.3 Å². The van der Waals surface area contributed by atoms with Crippen LogP contribution >= 0.6 is 0 Å². The predicted octanol–water partition coefficient (Wildman–Crippen LogP) is 1.54. The highest BCUT2D eigenvalue weighted by atomic mass is 16.4. The molecular weight excluding hydrogens is 192 g/mol. The number of nitrogens with one attached hydrogen (secondary N) is 1. The topological polar surface area (TPSA) is 58.3 Å². The van der Waals surface area contributed by atoms with Crippen LogP contribution in [0.3, 0.4) is 0 Å². The molecule has 0 radical (unpaired) electrons. The molecule has 1 unspecified atom stereocenters. The van der Waals surface area contributed by atoms with Gasteiger partial charge in [-0.1, -0.05) is 6.92 Å². The summed E-state index contributed by atoms with van der Waals surface area (Å²) in [7, 11) is 0. The van der Waals surface area contributed by atoms with E-state index in [-0.39, 0.29) is 6.10 Å². The van der Waals surface area contributed by atoms with Crippen LogP contribution < -0.4 is 5.32 Å². The third-order valence-corrected chi connectivity index (χ3v) is 2.47. The first-order valence-electron chi connectivity index (χ1n) is 5.45. The van der Waals surface area contributed by atoms with Gasteiger partial charge in [-0.05, 0) is 33.2 Å². The number of aromatic nitrogens is 1. The second kappa shape index (κ2) is 5.88. The molecule has 2 N–H and O–H groups in total. The molecule has 0 aromatic carbocycles. The van der Waals surface area contributed by atoms with Gasteiger partial charge >= 0.3 is 0 Å². The molecular formula is C11H20N2O2. The molecule has 1 atom stereocenters. The van der Waals surface area contributed by atoms with Crippen molar-refractivity contribution in [2.75, 3.05) is 6.54 Å². The molecule has 0 amide bonds. The Kier molecular flexibility index (Phi) is 4.78. The molecule has 0 fully saturated rings. The van der Waals surface area contributed by atoms with Gasteiger partial charge in [-0.2, -0.15) is 0 Å². The molecule has 1 rings (SSSR count). The van der Waals surface area contributed by atoms with Gasteiger partial charge in [0.15, 0.2) is 0 Å². The monoisotopic (exact) mass is 212 g/mol. The average molecular weight is 212 g/mol. The zero-order valence-electron chi connectivity index (χ0n) is 9.71. The van der Waals surface area contributed by atoms with E-state index < -0.39 is 0 Å². The molecule has 0 bridgehead atoms. The van der Waals surface area contributed by atoms with E-state index in [0.29, 0.717) is 6.54 Å². The Balaban J connectivity index is 2.20.